The van der Waals surface area contributed by atoms with Crippen LogP contribution in [0.2, 0.25) is 0 Å². The quantitative estimate of drug-likeness (QED) is 0.499. The number of hydrogen-bond donors (Lipinski definition) is 1. The number of carbonyl (C=O) groups is 2. The highest BCUT2D eigenvalue weighted by atomic mass is 35.5. The van der Waals surface area contributed by atoms with Gasteiger partial charge in [-0.05, 0) is 20.8 Å². The van der Waals surface area contributed by atoms with Crippen LogP contribution in [-0.2, 0) is 14.3 Å². The average Bonchev–Trinajstić information content (AvgIpc) is 2.84. The zero-order valence-electron chi connectivity index (χ0n) is 14.8. The number of carbonyl (C=O) groups excluding carboxylic acids is 1. The van der Waals surface area contributed by atoms with E-state index in [-0.39, 0.29) is 5.97 Å². The second kappa shape index (κ2) is 6.07. The molecule has 2 fully saturated rings. The lowest BCUT2D eigenvalue weighted by molar-refractivity contribution is -0.157. The molecule has 0 saturated heterocycles. The molecule has 0 spiro atoms. The maximum Gasteiger partial charge on any atom is 0.313 e. The van der Waals surface area contributed by atoms with Crippen molar-refractivity contribution in [1.82, 2.24) is 0 Å². The number of halogens is 4. The molecule has 0 aliphatic heterocycles. The topological polar surface area (TPSA) is 63.6 Å². The van der Waals surface area contributed by atoms with Gasteiger partial charge < -0.3 is 9.84 Å². The van der Waals surface area contributed by atoms with Crippen LogP contribution in [0, 0.1) is 22.7 Å². The van der Waals surface area contributed by atoms with Gasteiger partial charge >= 0.3 is 11.9 Å². The summed E-state index contributed by atoms with van der Waals surface area (Å²) in [5.41, 5.74) is -1.36. The molecule has 140 valence electrons. The van der Waals surface area contributed by atoms with E-state index in [9.17, 15) is 9.59 Å². The molecule has 0 heterocycles. The lowest BCUT2D eigenvalue weighted by Crippen LogP contribution is -2.26. The van der Waals surface area contributed by atoms with Crippen molar-refractivity contribution >= 4 is 58.3 Å². The van der Waals surface area contributed by atoms with E-state index >= 15 is 0 Å². The molecule has 0 amide bonds. The van der Waals surface area contributed by atoms with Gasteiger partial charge in [-0.3, -0.25) is 9.59 Å². The van der Waals surface area contributed by atoms with Crippen molar-refractivity contribution in [1.29, 1.82) is 0 Å². The van der Waals surface area contributed by atoms with Crippen LogP contribution < -0.4 is 0 Å². The van der Waals surface area contributed by atoms with Crippen LogP contribution in [0.3, 0.4) is 0 Å². The van der Waals surface area contributed by atoms with Crippen molar-refractivity contribution in [3.63, 3.8) is 0 Å². The first-order valence-electron chi connectivity index (χ1n) is 7.53. The third-order valence-corrected chi connectivity index (χ3v) is 7.43. The van der Waals surface area contributed by atoms with E-state index in [1.165, 1.54) is 0 Å². The predicted molar refractivity (Wildman–Crippen MR) is 96.9 cm³/mol. The van der Waals surface area contributed by atoms with Gasteiger partial charge in [-0.15, -0.1) is 46.4 Å². The lowest BCUT2D eigenvalue weighted by Gasteiger charge is -2.19. The summed E-state index contributed by atoms with van der Waals surface area (Å²) in [5.74, 6) is -2.27. The van der Waals surface area contributed by atoms with Crippen molar-refractivity contribution in [2.24, 2.45) is 22.7 Å². The van der Waals surface area contributed by atoms with E-state index < -0.39 is 42.9 Å². The standard InChI is InChI=1S/C10H16Cl2O2.C6H8Cl2O2/c1-8(2,3)14-7(13)6-9(4,5)10(6,11)12;1-5(2)3(4(9)10)6(5,7)8/h6H,1-5H3;3H,1-2H3,(H,9,10). The Morgan fingerprint density at radius 3 is 1.29 bits per heavy atom. The molecule has 0 aromatic rings. The molecule has 4 nitrogen and oxygen atoms in total. The molecule has 2 saturated carbocycles. The first-order valence-corrected chi connectivity index (χ1v) is 9.04. The Labute approximate surface area is 163 Å². The number of aliphatic carboxylic acids is 1. The van der Waals surface area contributed by atoms with Crippen molar-refractivity contribution in [3.8, 4) is 0 Å². The molecule has 24 heavy (non-hydrogen) atoms. The highest BCUT2D eigenvalue weighted by molar-refractivity contribution is 6.53. The normalized spacial score (nSPS) is 30.5. The van der Waals surface area contributed by atoms with Crippen molar-refractivity contribution in [2.45, 2.75) is 62.7 Å². The van der Waals surface area contributed by atoms with Crippen LogP contribution in [0.4, 0.5) is 0 Å². The molecule has 2 unspecified atom stereocenters. The lowest BCUT2D eigenvalue weighted by atomic mass is 10.1. The van der Waals surface area contributed by atoms with Crippen molar-refractivity contribution in [3.05, 3.63) is 0 Å². The summed E-state index contributed by atoms with van der Waals surface area (Å²) in [6.07, 6.45) is 0. The van der Waals surface area contributed by atoms with Crippen LogP contribution in [0.15, 0.2) is 0 Å². The maximum absolute atomic E-state index is 11.7. The number of alkyl halides is 4. The first kappa shape index (κ1) is 22.1. The van der Waals surface area contributed by atoms with E-state index in [0.717, 1.165) is 0 Å². The highest BCUT2D eigenvalue weighted by Crippen LogP contribution is 2.69. The fourth-order valence-corrected chi connectivity index (χ4v) is 4.26. The first-order chi connectivity index (χ1) is 10.3. The van der Waals surface area contributed by atoms with Gasteiger partial charge in [-0.2, -0.15) is 0 Å². The molecule has 0 radical (unpaired) electrons. The van der Waals surface area contributed by atoms with Gasteiger partial charge in [0.05, 0.1) is 11.8 Å². The zero-order chi connectivity index (χ0) is 19.5. The number of hydrogen-bond acceptors (Lipinski definition) is 3. The largest absolute Gasteiger partial charge is 0.481 e. The molecule has 2 atom stereocenters. The van der Waals surface area contributed by atoms with Crippen LogP contribution >= 0.6 is 46.4 Å². The van der Waals surface area contributed by atoms with E-state index in [1.54, 1.807) is 13.8 Å². The predicted octanol–water partition coefficient (Wildman–Crippen LogP) is 5.06. The summed E-state index contributed by atoms with van der Waals surface area (Å²) < 4.78 is 3.18. The second-order valence-corrected chi connectivity index (χ2v) is 11.2. The van der Waals surface area contributed by atoms with Crippen LogP contribution in [0.25, 0.3) is 0 Å². The smallest absolute Gasteiger partial charge is 0.313 e. The summed E-state index contributed by atoms with van der Waals surface area (Å²) >= 11 is 23.3. The number of carboxylic acid groups (broad SMARTS) is 1. The minimum atomic E-state index is -1.07. The highest BCUT2D eigenvalue weighted by Gasteiger charge is 2.75. The Kier molecular flexibility index (Phi) is 5.60. The number of carboxylic acids is 1. The third kappa shape index (κ3) is 3.77. The van der Waals surface area contributed by atoms with Gasteiger partial charge in [0.25, 0.3) is 0 Å². The van der Waals surface area contributed by atoms with Gasteiger partial charge in [0.2, 0.25) is 0 Å². The zero-order valence-corrected chi connectivity index (χ0v) is 17.9. The molecule has 0 bridgehead atoms. The summed E-state index contributed by atoms with van der Waals surface area (Å²) in [6.45, 7) is 12.7. The van der Waals surface area contributed by atoms with Crippen LogP contribution in [0.1, 0.15) is 48.5 Å². The Morgan fingerprint density at radius 1 is 0.875 bits per heavy atom. The van der Waals surface area contributed by atoms with E-state index in [1.807, 2.05) is 34.6 Å². The summed E-state index contributed by atoms with van der Waals surface area (Å²) in [7, 11) is 0. The van der Waals surface area contributed by atoms with Gasteiger partial charge in [0.1, 0.15) is 14.3 Å². The minimum absolute atomic E-state index is 0.312. The van der Waals surface area contributed by atoms with Crippen LogP contribution in [0.5, 0.6) is 0 Å². The molecule has 2 aliphatic rings. The number of ether oxygens (including phenoxy) is 1. The molecular weight excluding hydrogens is 398 g/mol. The van der Waals surface area contributed by atoms with Gasteiger partial charge in [-0.1, -0.05) is 27.7 Å². The van der Waals surface area contributed by atoms with E-state index in [4.69, 9.17) is 56.2 Å². The monoisotopic (exact) mass is 420 g/mol. The SMILES string of the molecule is CC(C)(C)OC(=O)C1C(C)(C)C1(Cl)Cl.CC1(C)C(C(=O)O)C1(Cl)Cl. The molecule has 0 aromatic heterocycles. The molecule has 8 heteroatoms. The Balaban J connectivity index is 0.000000254. The Bertz CT molecular complexity index is 519. The van der Waals surface area contributed by atoms with E-state index in [0.29, 0.717) is 0 Å². The molecule has 1 N–H and O–H groups in total. The number of rotatable bonds is 2. The molecule has 2 rings (SSSR count). The maximum atomic E-state index is 11.7. The molecule has 2 aliphatic carbocycles. The Hall–Kier alpha value is 0.1000. The second-order valence-electron chi connectivity index (χ2n) is 8.43. The summed E-state index contributed by atoms with van der Waals surface area (Å²) in [4.78, 5) is 22.1. The fourth-order valence-electron chi connectivity index (χ4n) is 2.58. The average molecular weight is 422 g/mol. The van der Waals surface area contributed by atoms with Gasteiger partial charge in [-0.25, -0.2) is 0 Å². The molecule has 0 aromatic carbocycles. The van der Waals surface area contributed by atoms with Crippen molar-refractivity contribution < 1.29 is 19.4 Å². The van der Waals surface area contributed by atoms with Gasteiger partial charge in [0.15, 0.2) is 0 Å². The van der Waals surface area contributed by atoms with Crippen LogP contribution in [-0.4, -0.2) is 31.3 Å². The van der Waals surface area contributed by atoms with Gasteiger partial charge in [0, 0.05) is 10.8 Å². The minimum Gasteiger partial charge on any atom is -0.481 e. The third-order valence-electron chi connectivity index (χ3n) is 4.61. The Morgan fingerprint density at radius 2 is 1.17 bits per heavy atom. The number of esters is 1. The fraction of sp³-hybridized carbons (Fsp3) is 0.875. The van der Waals surface area contributed by atoms with Crippen molar-refractivity contribution in [2.75, 3.05) is 0 Å². The molecular formula is C16H24Cl4O4. The summed E-state index contributed by atoms with van der Waals surface area (Å²) in [5, 5.41) is 8.56. The van der Waals surface area contributed by atoms with E-state index in [2.05, 4.69) is 0 Å². The summed E-state index contributed by atoms with van der Waals surface area (Å²) in [6, 6.07) is 0.